The molecule has 1 atom stereocenters. The van der Waals surface area contributed by atoms with E-state index in [4.69, 9.17) is 15.2 Å². The molecule has 6 nitrogen and oxygen atoms in total. The third-order valence-electron chi connectivity index (χ3n) is 5.26. The van der Waals surface area contributed by atoms with Crippen molar-refractivity contribution in [3.05, 3.63) is 0 Å². The quantitative estimate of drug-likeness (QED) is 0.691. The largest absolute Gasteiger partial charge is 0.383 e. The maximum Gasteiger partial charge on any atom is 0.239 e. The summed E-state index contributed by atoms with van der Waals surface area (Å²) in [6, 6.07) is -0.581. The lowest BCUT2D eigenvalue weighted by Crippen LogP contribution is -2.58. The maximum atomic E-state index is 12.1. The Morgan fingerprint density at radius 3 is 2.33 bits per heavy atom. The van der Waals surface area contributed by atoms with Crippen LogP contribution in [-0.2, 0) is 14.3 Å². The van der Waals surface area contributed by atoms with Gasteiger partial charge in [-0.3, -0.25) is 9.69 Å². The number of nitrogens with two attached hydrogens (primary N) is 1. The Kier molecular flexibility index (Phi) is 11.4. The van der Waals surface area contributed by atoms with Gasteiger partial charge in [0.1, 0.15) is 6.04 Å². The summed E-state index contributed by atoms with van der Waals surface area (Å²) in [6.45, 7) is 3.07. The lowest BCUT2D eigenvalue weighted by molar-refractivity contribution is -0.124. The van der Waals surface area contributed by atoms with E-state index in [1.165, 1.54) is 12.8 Å². The van der Waals surface area contributed by atoms with Gasteiger partial charge in [0.15, 0.2) is 0 Å². The highest BCUT2D eigenvalue weighted by atomic mass is 35.5. The molecule has 0 radical (unpaired) electrons. The summed E-state index contributed by atoms with van der Waals surface area (Å²) in [5.74, 6) is -0.111. The number of nitrogens with one attached hydrogen (secondary N) is 1. The van der Waals surface area contributed by atoms with Crippen molar-refractivity contribution in [3.8, 4) is 0 Å². The number of carbonyl (C=O) groups is 1. The molecule has 1 heterocycles. The first kappa shape index (κ1) is 23.9. The van der Waals surface area contributed by atoms with Gasteiger partial charge in [-0.05, 0) is 25.7 Å². The van der Waals surface area contributed by atoms with Crippen molar-refractivity contribution in [2.24, 2.45) is 5.73 Å². The number of likely N-dealkylation sites (tertiary alicyclic amines) is 1. The average molecular weight is 386 g/mol. The summed E-state index contributed by atoms with van der Waals surface area (Å²) < 4.78 is 10.4. The molecular formula is C16H33Cl2N3O3. The van der Waals surface area contributed by atoms with Gasteiger partial charge in [-0.2, -0.15) is 0 Å². The van der Waals surface area contributed by atoms with Crippen LogP contribution < -0.4 is 11.1 Å². The van der Waals surface area contributed by atoms with E-state index in [9.17, 15) is 4.79 Å². The van der Waals surface area contributed by atoms with Crippen LogP contribution in [0.3, 0.4) is 0 Å². The molecule has 1 unspecified atom stereocenters. The van der Waals surface area contributed by atoms with Crippen molar-refractivity contribution in [3.63, 3.8) is 0 Å². The van der Waals surface area contributed by atoms with Crippen LogP contribution in [0.2, 0.25) is 0 Å². The number of halogens is 2. The Morgan fingerprint density at radius 2 is 1.83 bits per heavy atom. The third-order valence-corrected chi connectivity index (χ3v) is 5.26. The van der Waals surface area contributed by atoms with E-state index in [1.54, 1.807) is 14.2 Å². The summed E-state index contributed by atoms with van der Waals surface area (Å²) >= 11 is 0. The number of hydrogen-bond acceptors (Lipinski definition) is 5. The number of hydrogen-bond donors (Lipinski definition) is 2. The molecule has 2 aliphatic rings. The van der Waals surface area contributed by atoms with Crippen molar-refractivity contribution in [2.75, 3.05) is 40.5 Å². The third kappa shape index (κ3) is 6.00. The van der Waals surface area contributed by atoms with Gasteiger partial charge in [0.05, 0.1) is 12.7 Å². The van der Waals surface area contributed by atoms with Crippen molar-refractivity contribution >= 4 is 30.7 Å². The van der Waals surface area contributed by atoms with Gasteiger partial charge in [0.25, 0.3) is 0 Å². The number of piperidine rings is 1. The zero-order chi connectivity index (χ0) is 16.0. The Morgan fingerprint density at radius 1 is 1.25 bits per heavy atom. The maximum absolute atomic E-state index is 12.1. The monoisotopic (exact) mass is 385 g/mol. The van der Waals surface area contributed by atoms with Crippen LogP contribution in [0.1, 0.15) is 38.5 Å². The van der Waals surface area contributed by atoms with Crippen LogP contribution in [0.15, 0.2) is 0 Å². The predicted octanol–water partition coefficient (Wildman–Crippen LogP) is 1.34. The van der Waals surface area contributed by atoms with E-state index in [0.717, 1.165) is 38.8 Å². The fourth-order valence-electron chi connectivity index (χ4n) is 3.84. The number of methoxy groups -OCH3 is 2. The molecule has 1 amide bonds. The second kappa shape index (κ2) is 11.5. The minimum atomic E-state index is -0.581. The molecule has 0 aromatic heterocycles. The smallest absolute Gasteiger partial charge is 0.239 e. The zero-order valence-electron chi connectivity index (χ0n) is 14.8. The lowest BCUT2D eigenvalue weighted by Gasteiger charge is -2.45. The molecule has 0 bridgehead atoms. The second-order valence-electron chi connectivity index (χ2n) is 6.63. The second-order valence-corrected chi connectivity index (χ2v) is 6.63. The fourth-order valence-corrected chi connectivity index (χ4v) is 3.84. The minimum absolute atomic E-state index is 0. The molecule has 24 heavy (non-hydrogen) atoms. The minimum Gasteiger partial charge on any atom is -0.383 e. The molecule has 1 aliphatic carbocycles. The molecule has 0 aromatic carbocycles. The van der Waals surface area contributed by atoms with Gasteiger partial charge in [-0.25, -0.2) is 0 Å². The normalized spacial score (nSPS) is 22.3. The Bertz CT molecular complexity index is 360. The van der Waals surface area contributed by atoms with Crippen LogP contribution in [0.4, 0.5) is 0 Å². The van der Waals surface area contributed by atoms with Crippen LogP contribution in [0.5, 0.6) is 0 Å². The number of rotatable bonds is 7. The van der Waals surface area contributed by atoms with Crippen molar-refractivity contribution in [1.82, 2.24) is 10.2 Å². The van der Waals surface area contributed by atoms with Gasteiger partial charge in [0.2, 0.25) is 5.91 Å². The number of nitrogens with zero attached hydrogens (tertiary/aromatic N) is 1. The van der Waals surface area contributed by atoms with Crippen molar-refractivity contribution in [2.45, 2.75) is 56.2 Å². The fraction of sp³-hybridized carbons (Fsp3) is 0.938. The molecule has 0 spiro atoms. The van der Waals surface area contributed by atoms with E-state index in [-0.39, 0.29) is 42.9 Å². The topological polar surface area (TPSA) is 76.8 Å². The van der Waals surface area contributed by atoms with Crippen LogP contribution in [-0.4, -0.2) is 69.0 Å². The van der Waals surface area contributed by atoms with E-state index < -0.39 is 6.04 Å². The molecule has 2 fully saturated rings. The van der Waals surface area contributed by atoms with Gasteiger partial charge in [0, 0.05) is 39.4 Å². The highest BCUT2D eigenvalue weighted by Gasteiger charge is 2.41. The zero-order valence-corrected chi connectivity index (χ0v) is 16.4. The van der Waals surface area contributed by atoms with E-state index >= 15 is 0 Å². The number of amides is 1. The molecule has 1 saturated carbocycles. The summed E-state index contributed by atoms with van der Waals surface area (Å²) in [5.41, 5.74) is 5.92. The lowest BCUT2D eigenvalue weighted by atomic mass is 9.91. The van der Waals surface area contributed by atoms with E-state index in [2.05, 4.69) is 10.2 Å². The van der Waals surface area contributed by atoms with Gasteiger partial charge in [-0.1, -0.05) is 12.8 Å². The molecule has 144 valence electrons. The van der Waals surface area contributed by atoms with E-state index in [0.29, 0.717) is 12.6 Å². The summed E-state index contributed by atoms with van der Waals surface area (Å²) in [6.07, 6.45) is 7.34. The Hall–Kier alpha value is -0.110. The highest BCUT2D eigenvalue weighted by molar-refractivity contribution is 5.85. The van der Waals surface area contributed by atoms with Gasteiger partial charge in [-0.15, -0.1) is 24.8 Å². The van der Waals surface area contributed by atoms with Crippen molar-refractivity contribution in [1.29, 1.82) is 0 Å². The van der Waals surface area contributed by atoms with Gasteiger partial charge < -0.3 is 20.5 Å². The molecule has 1 aliphatic heterocycles. The summed E-state index contributed by atoms with van der Waals surface area (Å²) in [7, 11) is 3.36. The van der Waals surface area contributed by atoms with Crippen LogP contribution >= 0.6 is 24.8 Å². The standard InChI is InChI=1S/C16H31N3O3.2ClH/c1-21-11-14(17)15(20)18-12-16(7-3-4-8-16)19-9-5-13(22-2)6-10-19;;/h13-14H,3-12,17H2,1-2H3,(H,18,20);2*1H. The van der Waals surface area contributed by atoms with Crippen molar-refractivity contribution < 1.29 is 14.3 Å². The molecule has 0 aromatic rings. The first-order chi connectivity index (χ1) is 10.6. The molecule has 2 rings (SSSR count). The van der Waals surface area contributed by atoms with Crippen LogP contribution in [0.25, 0.3) is 0 Å². The van der Waals surface area contributed by atoms with Gasteiger partial charge >= 0.3 is 0 Å². The Labute approximate surface area is 158 Å². The number of ether oxygens (including phenoxy) is 2. The SMILES string of the molecule is COCC(N)C(=O)NCC1(N2CCC(OC)CC2)CCCC1.Cl.Cl. The first-order valence-electron chi connectivity index (χ1n) is 8.41. The molecule has 3 N–H and O–H groups in total. The summed E-state index contributed by atoms with van der Waals surface area (Å²) in [5, 5.41) is 3.06. The molecular weight excluding hydrogens is 353 g/mol. The molecule has 1 saturated heterocycles. The Balaban J connectivity index is 0.00000264. The predicted molar refractivity (Wildman–Crippen MR) is 100 cm³/mol. The van der Waals surface area contributed by atoms with Crippen LogP contribution in [0, 0.1) is 0 Å². The number of carbonyl (C=O) groups excluding carboxylic acids is 1. The van der Waals surface area contributed by atoms with E-state index in [1.807, 2.05) is 0 Å². The highest BCUT2D eigenvalue weighted by Crippen LogP contribution is 2.36. The molecule has 8 heteroatoms. The first-order valence-corrected chi connectivity index (χ1v) is 8.41. The summed E-state index contributed by atoms with van der Waals surface area (Å²) in [4.78, 5) is 14.6. The average Bonchev–Trinajstić information content (AvgIpc) is 3.03.